The lowest BCUT2D eigenvalue weighted by Crippen LogP contribution is -2.17. The predicted molar refractivity (Wildman–Crippen MR) is 86.3 cm³/mol. The van der Waals surface area contributed by atoms with Crippen LogP contribution in [0.15, 0.2) is 37.8 Å². The highest BCUT2D eigenvalue weighted by Crippen LogP contribution is 2.28. The monoisotopic (exact) mass is 420 g/mol. The number of halogens is 3. The first-order valence-electron chi connectivity index (χ1n) is 5.70. The minimum atomic E-state index is -0.159. The molecule has 0 aliphatic rings. The predicted octanol–water partition coefficient (Wildman–Crippen LogP) is 4.43. The number of nitrogens with one attached hydrogen (secondary N) is 2. The molecule has 4 nitrogen and oxygen atoms in total. The molecule has 0 bridgehead atoms. The van der Waals surface area contributed by atoms with Crippen LogP contribution >= 0.6 is 43.5 Å². The van der Waals surface area contributed by atoms with Gasteiger partial charge in [0.1, 0.15) is 5.76 Å². The van der Waals surface area contributed by atoms with E-state index in [1.807, 2.05) is 6.07 Å². The number of hydrogen-bond donors (Lipinski definition) is 2. The zero-order valence-electron chi connectivity index (χ0n) is 10.5. The van der Waals surface area contributed by atoms with Crippen LogP contribution in [-0.4, -0.2) is 13.0 Å². The molecule has 2 N–H and O–H groups in total. The van der Waals surface area contributed by atoms with Crippen molar-refractivity contribution in [2.24, 2.45) is 0 Å². The van der Waals surface area contributed by atoms with Crippen molar-refractivity contribution in [2.45, 2.75) is 6.54 Å². The van der Waals surface area contributed by atoms with Gasteiger partial charge in [0.15, 0.2) is 4.67 Å². The summed E-state index contributed by atoms with van der Waals surface area (Å²) in [6.07, 6.45) is 0. The summed E-state index contributed by atoms with van der Waals surface area (Å²) < 4.78 is 6.94. The lowest BCUT2D eigenvalue weighted by molar-refractivity contribution is 0.0963. The minimum Gasteiger partial charge on any atom is -0.451 e. The fourth-order valence-electron chi connectivity index (χ4n) is 1.61. The molecule has 106 valence electrons. The Bertz CT molecular complexity index is 624. The van der Waals surface area contributed by atoms with Gasteiger partial charge in [-0.25, -0.2) is 0 Å². The number of anilines is 1. The van der Waals surface area contributed by atoms with Crippen molar-refractivity contribution in [1.29, 1.82) is 0 Å². The Kier molecular flexibility index (Phi) is 5.12. The molecule has 2 rings (SSSR count). The van der Waals surface area contributed by atoms with E-state index in [0.29, 0.717) is 27.5 Å². The van der Waals surface area contributed by atoms with Crippen molar-refractivity contribution >= 4 is 55.1 Å². The number of carbonyl (C=O) groups is 1. The molecule has 1 aromatic carbocycles. The smallest absolute Gasteiger partial charge is 0.251 e. The molecule has 20 heavy (non-hydrogen) atoms. The van der Waals surface area contributed by atoms with Crippen molar-refractivity contribution in [1.82, 2.24) is 5.32 Å². The highest BCUT2D eigenvalue weighted by Gasteiger charge is 2.09. The van der Waals surface area contributed by atoms with Gasteiger partial charge in [0, 0.05) is 12.6 Å². The van der Waals surface area contributed by atoms with E-state index in [-0.39, 0.29) is 5.91 Å². The van der Waals surface area contributed by atoms with Crippen LogP contribution in [0.5, 0.6) is 0 Å². The minimum absolute atomic E-state index is 0.159. The van der Waals surface area contributed by atoms with E-state index >= 15 is 0 Å². The second-order valence-electron chi connectivity index (χ2n) is 3.96. The van der Waals surface area contributed by atoms with E-state index in [4.69, 9.17) is 16.0 Å². The van der Waals surface area contributed by atoms with Gasteiger partial charge in [-0.15, -0.1) is 0 Å². The van der Waals surface area contributed by atoms with Crippen molar-refractivity contribution in [3.8, 4) is 0 Å². The third kappa shape index (κ3) is 3.56. The maximum absolute atomic E-state index is 11.6. The highest BCUT2D eigenvalue weighted by atomic mass is 79.9. The molecular weight excluding hydrogens is 411 g/mol. The molecule has 0 unspecified atom stereocenters. The van der Waals surface area contributed by atoms with Gasteiger partial charge in [0.05, 0.1) is 21.7 Å². The lowest BCUT2D eigenvalue weighted by Gasteiger charge is -2.09. The molecular formula is C13H11Br2ClN2O2. The first-order valence-corrected chi connectivity index (χ1v) is 7.67. The van der Waals surface area contributed by atoms with Gasteiger partial charge in [-0.2, -0.15) is 0 Å². The molecule has 1 amide bonds. The summed E-state index contributed by atoms with van der Waals surface area (Å²) in [6.45, 7) is 0.459. The number of benzene rings is 1. The zero-order chi connectivity index (χ0) is 14.7. The Hall–Kier alpha value is -0.980. The number of rotatable bonds is 4. The summed E-state index contributed by atoms with van der Waals surface area (Å²) in [5.41, 5.74) is 1.22. The van der Waals surface area contributed by atoms with E-state index in [2.05, 4.69) is 42.5 Å². The average Bonchev–Trinajstić information content (AvgIpc) is 2.76. The number of amides is 1. The summed E-state index contributed by atoms with van der Waals surface area (Å²) in [6, 6.07) is 6.91. The van der Waals surface area contributed by atoms with E-state index in [1.165, 1.54) is 0 Å². The van der Waals surface area contributed by atoms with Crippen LogP contribution in [0.4, 0.5) is 5.69 Å². The molecule has 0 saturated carbocycles. The molecule has 0 spiro atoms. The molecule has 1 aromatic heterocycles. The van der Waals surface area contributed by atoms with Gasteiger partial charge in [0.25, 0.3) is 5.91 Å². The molecule has 0 aliphatic carbocycles. The van der Waals surface area contributed by atoms with Gasteiger partial charge < -0.3 is 15.1 Å². The normalized spacial score (nSPS) is 10.4. The van der Waals surface area contributed by atoms with Crippen LogP contribution in [0.25, 0.3) is 0 Å². The molecule has 0 atom stereocenters. The molecule has 0 saturated heterocycles. The van der Waals surface area contributed by atoms with E-state index in [0.717, 1.165) is 10.2 Å². The third-order valence-corrected chi connectivity index (χ3v) is 4.64. The number of hydrogen-bond acceptors (Lipinski definition) is 3. The maximum Gasteiger partial charge on any atom is 0.251 e. The van der Waals surface area contributed by atoms with Crippen molar-refractivity contribution < 1.29 is 9.21 Å². The fourth-order valence-corrected chi connectivity index (χ4v) is 2.45. The first kappa shape index (κ1) is 15.4. The van der Waals surface area contributed by atoms with E-state index in [9.17, 15) is 4.79 Å². The Balaban J connectivity index is 2.14. The maximum atomic E-state index is 11.6. The average molecular weight is 423 g/mol. The van der Waals surface area contributed by atoms with E-state index in [1.54, 1.807) is 25.2 Å². The van der Waals surface area contributed by atoms with Crippen LogP contribution in [0.2, 0.25) is 5.02 Å². The first-order chi connectivity index (χ1) is 9.51. The molecule has 7 heteroatoms. The zero-order valence-corrected chi connectivity index (χ0v) is 14.4. The highest BCUT2D eigenvalue weighted by molar-refractivity contribution is 9.13. The van der Waals surface area contributed by atoms with Crippen molar-refractivity contribution in [3.63, 3.8) is 0 Å². The van der Waals surface area contributed by atoms with Crippen LogP contribution in [0.3, 0.4) is 0 Å². The second kappa shape index (κ2) is 6.65. The van der Waals surface area contributed by atoms with Gasteiger partial charge in [0.2, 0.25) is 0 Å². The van der Waals surface area contributed by atoms with Gasteiger partial charge >= 0.3 is 0 Å². The Morgan fingerprint density at radius 1 is 1.35 bits per heavy atom. The standard InChI is InChI=1S/C13H11Br2ClN2O2/c1-17-13(19)7-2-3-10(16)11(4-7)18-6-8-5-9(14)12(15)20-8/h2-5,18H,6H2,1H3,(H,17,19). The van der Waals surface area contributed by atoms with Gasteiger partial charge in [-0.1, -0.05) is 11.6 Å². The van der Waals surface area contributed by atoms with Crippen LogP contribution in [-0.2, 0) is 6.54 Å². The van der Waals surface area contributed by atoms with Gasteiger partial charge in [-0.05, 0) is 56.1 Å². The second-order valence-corrected chi connectivity index (χ2v) is 5.94. The summed E-state index contributed by atoms with van der Waals surface area (Å²) in [7, 11) is 1.59. The topological polar surface area (TPSA) is 54.3 Å². The molecule has 2 aromatic rings. The van der Waals surface area contributed by atoms with Crippen molar-refractivity contribution in [2.75, 3.05) is 12.4 Å². The number of furan rings is 1. The van der Waals surface area contributed by atoms with Crippen LogP contribution < -0.4 is 10.6 Å². The van der Waals surface area contributed by atoms with Gasteiger partial charge in [-0.3, -0.25) is 4.79 Å². The Morgan fingerprint density at radius 2 is 2.10 bits per heavy atom. The summed E-state index contributed by atoms with van der Waals surface area (Å²) >= 11 is 12.7. The largest absolute Gasteiger partial charge is 0.451 e. The Morgan fingerprint density at radius 3 is 2.70 bits per heavy atom. The van der Waals surface area contributed by atoms with Crippen LogP contribution in [0, 0.1) is 0 Å². The quantitative estimate of drug-likeness (QED) is 0.767. The Labute approximate surface area is 138 Å². The summed E-state index contributed by atoms with van der Waals surface area (Å²) in [5, 5.41) is 6.26. The van der Waals surface area contributed by atoms with Crippen LogP contribution in [0.1, 0.15) is 16.1 Å². The lowest BCUT2D eigenvalue weighted by atomic mass is 10.2. The summed E-state index contributed by atoms with van der Waals surface area (Å²) in [4.78, 5) is 11.6. The van der Waals surface area contributed by atoms with E-state index < -0.39 is 0 Å². The molecule has 0 aliphatic heterocycles. The molecule has 0 radical (unpaired) electrons. The number of carbonyl (C=O) groups excluding carboxylic acids is 1. The third-order valence-electron chi connectivity index (χ3n) is 2.60. The molecule has 0 fully saturated rings. The van der Waals surface area contributed by atoms with Crippen molar-refractivity contribution in [3.05, 3.63) is 49.8 Å². The fraction of sp³-hybridized carbons (Fsp3) is 0.154. The molecule has 1 heterocycles. The SMILES string of the molecule is CNC(=O)c1ccc(Cl)c(NCc2cc(Br)c(Br)o2)c1. The summed E-state index contributed by atoms with van der Waals surface area (Å²) in [5.74, 6) is 0.582.